The quantitative estimate of drug-likeness (QED) is 0.310. The van der Waals surface area contributed by atoms with Crippen LogP contribution in [0.15, 0.2) is 45.3 Å². The molecule has 9 heteroatoms. The predicted octanol–water partition coefficient (Wildman–Crippen LogP) is 5.24. The van der Waals surface area contributed by atoms with E-state index in [1.54, 1.807) is 11.8 Å². The van der Waals surface area contributed by atoms with Crippen LogP contribution in [0.2, 0.25) is 0 Å². The van der Waals surface area contributed by atoms with Crippen LogP contribution in [0.25, 0.3) is 10.8 Å². The molecule has 2 aromatic heterocycles. The van der Waals surface area contributed by atoms with E-state index < -0.39 is 0 Å². The van der Waals surface area contributed by atoms with Gasteiger partial charge in [0, 0.05) is 0 Å². The molecule has 0 bridgehead atoms. The number of aromatic nitrogens is 3. The molecule has 1 amide bonds. The summed E-state index contributed by atoms with van der Waals surface area (Å²) in [5.41, 5.74) is 2.08. The lowest BCUT2D eigenvalue weighted by atomic mass is 10.1. The molecular formula is C21H20N4O3S2. The number of benzene rings is 2. The molecule has 0 saturated carbocycles. The maximum atomic E-state index is 13.1. The number of ether oxygens (including phenoxy) is 1. The van der Waals surface area contributed by atoms with Gasteiger partial charge < -0.3 is 9.26 Å². The summed E-state index contributed by atoms with van der Waals surface area (Å²) in [6.07, 6.45) is 0. The Morgan fingerprint density at radius 2 is 1.97 bits per heavy atom. The average Bonchev–Trinajstić information content (AvgIpc) is 3.31. The van der Waals surface area contributed by atoms with Crippen LogP contribution in [-0.2, 0) is 6.61 Å². The van der Waals surface area contributed by atoms with Gasteiger partial charge in [-0.25, -0.2) is 0 Å². The normalized spacial score (nSPS) is 11.0. The molecule has 1 N–H and O–H groups in total. The molecule has 0 atom stereocenters. The standard InChI is InChI=1S/C21H20N4O3S2/c1-4-29-21-24-23-20(30-21)22-19(26)16-9-14-7-5-6-8-15(14)10-18(16)27-11-17-12(2)25-28-13(17)3/h5-10H,4,11H2,1-3H3,(H,22,23,26). The molecular weight excluding hydrogens is 420 g/mol. The number of fused-ring (bicyclic) bond motifs is 1. The maximum Gasteiger partial charge on any atom is 0.261 e. The molecule has 0 aliphatic carbocycles. The van der Waals surface area contributed by atoms with E-state index >= 15 is 0 Å². The SMILES string of the molecule is CCSc1nnc(NC(=O)c2cc3ccccc3cc2OCc2c(C)noc2C)s1. The third-order valence-corrected chi connectivity index (χ3v) is 6.39. The summed E-state index contributed by atoms with van der Waals surface area (Å²) in [5.74, 6) is 1.79. The Morgan fingerprint density at radius 3 is 2.67 bits per heavy atom. The van der Waals surface area contributed by atoms with Crippen LogP contribution in [0.4, 0.5) is 5.13 Å². The lowest BCUT2D eigenvalue weighted by molar-refractivity contribution is 0.102. The van der Waals surface area contributed by atoms with E-state index in [0.717, 1.165) is 32.1 Å². The van der Waals surface area contributed by atoms with Gasteiger partial charge in [-0.15, -0.1) is 10.2 Å². The minimum atomic E-state index is -0.293. The first-order valence-corrected chi connectivity index (χ1v) is 11.2. The number of thioether (sulfide) groups is 1. The highest BCUT2D eigenvalue weighted by molar-refractivity contribution is 8.01. The topological polar surface area (TPSA) is 90.1 Å². The molecule has 30 heavy (non-hydrogen) atoms. The van der Waals surface area contributed by atoms with Crippen molar-refractivity contribution in [1.29, 1.82) is 0 Å². The molecule has 0 unspecified atom stereocenters. The summed E-state index contributed by atoms with van der Waals surface area (Å²) in [7, 11) is 0. The van der Waals surface area contributed by atoms with Crippen molar-refractivity contribution in [1.82, 2.24) is 15.4 Å². The van der Waals surface area contributed by atoms with Crippen molar-refractivity contribution in [3.05, 3.63) is 59.0 Å². The molecule has 0 aliphatic heterocycles. The second-order valence-electron chi connectivity index (χ2n) is 6.55. The van der Waals surface area contributed by atoms with Crippen LogP contribution in [0.3, 0.4) is 0 Å². The van der Waals surface area contributed by atoms with Gasteiger partial charge in [0.15, 0.2) is 4.34 Å². The van der Waals surface area contributed by atoms with Crippen LogP contribution in [0.5, 0.6) is 5.75 Å². The third-order valence-electron chi connectivity index (χ3n) is 4.54. The van der Waals surface area contributed by atoms with Crippen molar-refractivity contribution in [2.45, 2.75) is 31.7 Å². The van der Waals surface area contributed by atoms with E-state index in [0.29, 0.717) is 22.2 Å². The molecule has 0 fully saturated rings. The van der Waals surface area contributed by atoms with Gasteiger partial charge >= 0.3 is 0 Å². The van der Waals surface area contributed by atoms with Gasteiger partial charge in [0.1, 0.15) is 18.1 Å². The smallest absolute Gasteiger partial charge is 0.261 e. The van der Waals surface area contributed by atoms with Crippen molar-refractivity contribution in [2.75, 3.05) is 11.1 Å². The Balaban J connectivity index is 1.64. The zero-order valence-electron chi connectivity index (χ0n) is 16.8. The summed E-state index contributed by atoms with van der Waals surface area (Å²) in [5, 5.41) is 17.3. The Hall–Kier alpha value is -2.91. The lowest BCUT2D eigenvalue weighted by Crippen LogP contribution is -2.14. The fraction of sp³-hybridized carbons (Fsp3) is 0.238. The Kier molecular flexibility index (Phi) is 6.01. The molecule has 0 spiro atoms. The van der Waals surface area contributed by atoms with Gasteiger partial charge in [-0.1, -0.05) is 59.4 Å². The van der Waals surface area contributed by atoms with Crippen molar-refractivity contribution in [3.63, 3.8) is 0 Å². The van der Waals surface area contributed by atoms with Gasteiger partial charge in [-0.2, -0.15) is 0 Å². The molecule has 0 aliphatic rings. The number of rotatable bonds is 7. The number of nitrogens with one attached hydrogen (secondary N) is 1. The zero-order valence-corrected chi connectivity index (χ0v) is 18.4. The monoisotopic (exact) mass is 440 g/mol. The van der Waals surface area contributed by atoms with Gasteiger partial charge in [0.25, 0.3) is 5.91 Å². The first-order chi connectivity index (χ1) is 14.5. The molecule has 2 aromatic carbocycles. The first-order valence-electron chi connectivity index (χ1n) is 9.40. The van der Waals surface area contributed by atoms with Gasteiger partial charge in [-0.05, 0) is 42.5 Å². The predicted molar refractivity (Wildman–Crippen MR) is 119 cm³/mol. The van der Waals surface area contributed by atoms with Crippen LogP contribution >= 0.6 is 23.1 Å². The van der Waals surface area contributed by atoms with E-state index in [4.69, 9.17) is 9.26 Å². The van der Waals surface area contributed by atoms with E-state index in [1.807, 2.05) is 57.2 Å². The maximum absolute atomic E-state index is 13.1. The summed E-state index contributed by atoms with van der Waals surface area (Å²) >= 11 is 2.94. The van der Waals surface area contributed by atoms with E-state index in [2.05, 4.69) is 20.7 Å². The second-order valence-corrected chi connectivity index (χ2v) is 9.04. The Morgan fingerprint density at radius 1 is 1.20 bits per heavy atom. The number of carbonyl (C=O) groups excluding carboxylic acids is 1. The van der Waals surface area contributed by atoms with Crippen molar-refractivity contribution in [3.8, 4) is 5.75 Å². The number of hydrogen-bond donors (Lipinski definition) is 1. The van der Waals surface area contributed by atoms with Gasteiger partial charge in [0.05, 0.1) is 16.8 Å². The number of anilines is 1. The average molecular weight is 441 g/mol. The Bertz CT molecular complexity index is 1180. The molecule has 154 valence electrons. The highest BCUT2D eigenvalue weighted by Crippen LogP contribution is 2.30. The number of nitrogens with zero attached hydrogens (tertiary/aromatic N) is 3. The molecule has 7 nitrogen and oxygen atoms in total. The second kappa shape index (κ2) is 8.85. The highest BCUT2D eigenvalue weighted by atomic mass is 32.2. The van der Waals surface area contributed by atoms with Gasteiger partial charge in [-0.3, -0.25) is 10.1 Å². The van der Waals surface area contributed by atoms with Crippen molar-refractivity contribution < 1.29 is 14.1 Å². The van der Waals surface area contributed by atoms with Crippen molar-refractivity contribution in [2.24, 2.45) is 0 Å². The minimum absolute atomic E-state index is 0.260. The third kappa shape index (κ3) is 4.31. The Labute approximate surface area is 181 Å². The minimum Gasteiger partial charge on any atom is -0.488 e. The van der Waals surface area contributed by atoms with E-state index in [-0.39, 0.29) is 12.5 Å². The summed E-state index contributed by atoms with van der Waals surface area (Å²) in [4.78, 5) is 13.1. The molecule has 2 heterocycles. The van der Waals surface area contributed by atoms with Crippen LogP contribution in [0, 0.1) is 13.8 Å². The zero-order chi connectivity index (χ0) is 21.1. The summed E-state index contributed by atoms with van der Waals surface area (Å²) in [6, 6.07) is 11.5. The molecule has 4 rings (SSSR count). The lowest BCUT2D eigenvalue weighted by Gasteiger charge is -2.12. The molecule has 0 radical (unpaired) electrons. The number of aryl methyl sites for hydroxylation is 2. The number of amides is 1. The van der Waals surface area contributed by atoms with Crippen LogP contribution < -0.4 is 10.1 Å². The summed E-state index contributed by atoms with van der Waals surface area (Å²) < 4.78 is 12.1. The number of hydrogen-bond acceptors (Lipinski definition) is 8. The van der Waals surface area contributed by atoms with Gasteiger partial charge in [0.2, 0.25) is 5.13 Å². The largest absolute Gasteiger partial charge is 0.488 e. The first kappa shape index (κ1) is 20.4. The van der Waals surface area contributed by atoms with Crippen LogP contribution in [0.1, 0.15) is 34.3 Å². The summed E-state index contributed by atoms with van der Waals surface area (Å²) in [6.45, 7) is 6.01. The van der Waals surface area contributed by atoms with E-state index in [1.165, 1.54) is 11.3 Å². The van der Waals surface area contributed by atoms with Crippen molar-refractivity contribution >= 4 is 44.9 Å². The highest BCUT2D eigenvalue weighted by Gasteiger charge is 2.18. The fourth-order valence-electron chi connectivity index (χ4n) is 2.98. The molecule has 4 aromatic rings. The fourth-order valence-corrected chi connectivity index (χ4v) is 4.62. The number of carbonyl (C=O) groups is 1. The van der Waals surface area contributed by atoms with E-state index in [9.17, 15) is 4.79 Å². The molecule has 0 saturated heterocycles. The van der Waals surface area contributed by atoms with Crippen LogP contribution in [-0.4, -0.2) is 27.0 Å².